The third kappa shape index (κ3) is 3.33. The zero-order valence-electron chi connectivity index (χ0n) is 17.3. The minimum absolute atomic E-state index is 0.404. The highest BCUT2D eigenvalue weighted by Gasteiger charge is 2.21. The van der Waals surface area contributed by atoms with Crippen molar-refractivity contribution in [2.45, 2.75) is 20.4 Å². The molecule has 0 aliphatic carbocycles. The van der Waals surface area contributed by atoms with Crippen LogP contribution in [0, 0.1) is 5.92 Å². The summed E-state index contributed by atoms with van der Waals surface area (Å²) in [5.74, 6) is 2.88. The van der Waals surface area contributed by atoms with Crippen LogP contribution in [0.25, 0.3) is 33.7 Å². The van der Waals surface area contributed by atoms with Gasteiger partial charge in [0, 0.05) is 12.1 Å². The fourth-order valence-electron chi connectivity index (χ4n) is 3.47. The lowest BCUT2D eigenvalue weighted by atomic mass is 10.1. The van der Waals surface area contributed by atoms with E-state index in [4.69, 9.17) is 29.2 Å². The zero-order valence-corrected chi connectivity index (χ0v) is 17.3. The van der Waals surface area contributed by atoms with E-state index in [0.717, 1.165) is 34.6 Å². The Morgan fingerprint density at radius 1 is 0.862 bits per heavy atom. The summed E-state index contributed by atoms with van der Waals surface area (Å²) in [5, 5.41) is 0. The Bertz CT molecular complexity index is 1160. The van der Waals surface area contributed by atoms with E-state index in [-0.39, 0.29) is 0 Å². The Morgan fingerprint density at radius 2 is 1.48 bits per heavy atom. The van der Waals surface area contributed by atoms with Crippen LogP contribution in [-0.2, 0) is 6.54 Å². The van der Waals surface area contributed by atoms with Gasteiger partial charge in [-0.15, -0.1) is 0 Å². The standard InChI is InChI=1S/C22H24N4O3/c1-13(2)12-26-21(14-10-17(27-3)19(29-5)18(11-14)28-4)25-20-22(26)24-16-9-7-6-8-15(16)23-20/h6-11,13H,12H2,1-5H3. The normalized spacial score (nSPS) is 11.4. The summed E-state index contributed by atoms with van der Waals surface area (Å²) in [4.78, 5) is 14.4. The number of rotatable bonds is 6. The zero-order chi connectivity index (χ0) is 20.5. The Morgan fingerprint density at radius 3 is 2.03 bits per heavy atom. The third-order valence-electron chi connectivity index (χ3n) is 4.73. The molecule has 0 aliphatic rings. The molecule has 0 bridgehead atoms. The van der Waals surface area contributed by atoms with E-state index < -0.39 is 0 Å². The summed E-state index contributed by atoms with van der Waals surface area (Å²) < 4.78 is 18.6. The lowest BCUT2D eigenvalue weighted by Crippen LogP contribution is -2.07. The van der Waals surface area contributed by atoms with Crippen molar-refractivity contribution in [2.75, 3.05) is 21.3 Å². The molecular formula is C22H24N4O3. The van der Waals surface area contributed by atoms with E-state index in [1.165, 1.54) is 0 Å². The van der Waals surface area contributed by atoms with Crippen molar-refractivity contribution >= 4 is 22.3 Å². The van der Waals surface area contributed by atoms with Crippen molar-refractivity contribution in [1.29, 1.82) is 0 Å². The molecule has 0 saturated heterocycles. The number of ether oxygens (including phenoxy) is 3. The number of imidazole rings is 1. The number of para-hydroxylation sites is 2. The summed E-state index contributed by atoms with van der Waals surface area (Å²) in [7, 11) is 4.80. The summed E-state index contributed by atoms with van der Waals surface area (Å²) in [6.45, 7) is 5.09. The van der Waals surface area contributed by atoms with Gasteiger partial charge in [0.25, 0.3) is 0 Å². The Hall–Kier alpha value is -3.35. The number of hydrogen-bond acceptors (Lipinski definition) is 6. The molecule has 4 aromatic rings. The number of fused-ring (bicyclic) bond motifs is 2. The van der Waals surface area contributed by atoms with Gasteiger partial charge < -0.3 is 18.8 Å². The minimum atomic E-state index is 0.404. The second-order valence-corrected chi connectivity index (χ2v) is 7.21. The van der Waals surface area contributed by atoms with Gasteiger partial charge >= 0.3 is 0 Å². The summed E-state index contributed by atoms with van der Waals surface area (Å²) >= 11 is 0. The molecule has 2 aromatic carbocycles. The minimum Gasteiger partial charge on any atom is -0.493 e. The Kier molecular flexibility index (Phi) is 4.96. The summed E-state index contributed by atoms with van der Waals surface area (Å²) in [5.41, 5.74) is 3.91. The molecule has 0 fully saturated rings. The smallest absolute Gasteiger partial charge is 0.203 e. The second kappa shape index (κ2) is 7.58. The Balaban J connectivity index is 2.00. The average Bonchev–Trinajstić information content (AvgIpc) is 3.07. The first-order valence-electron chi connectivity index (χ1n) is 9.49. The average molecular weight is 392 g/mol. The van der Waals surface area contributed by atoms with Gasteiger partial charge in [-0.1, -0.05) is 26.0 Å². The fourth-order valence-corrected chi connectivity index (χ4v) is 3.47. The molecule has 0 atom stereocenters. The number of benzene rings is 2. The number of nitrogens with zero attached hydrogens (tertiary/aromatic N) is 4. The number of aromatic nitrogens is 4. The topological polar surface area (TPSA) is 71.3 Å². The summed E-state index contributed by atoms with van der Waals surface area (Å²) in [6, 6.07) is 11.6. The van der Waals surface area contributed by atoms with Gasteiger partial charge in [0.05, 0.1) is 32.4 Å². The highest BCUT2D eigenvalue weighted by Crippen LogP contribution is 2.41. The highest BCUT2D eigenvalue weighted by molar-refractivity contribution is 5.85. The molecule has 0 saturated carbocycles. The van der Waals surface area contributed by atoms with E-state index >= 15 is 0 Å². The predicted molar refractivity (Wildman–Crippen MR) is 113 cm³/mol. The quantitative estimate of drug-likeness (QED) is 0.486. The van der Waals surface area contributed by atoms with Crippen LogP contribution in [-0.4, -0.2) is 40.8 Å². The molecular weight excluding hydrogens is 368 g/mol. The van der Waals surface area contributed by atoms with Crippen molar-refractivity contribution in [2.24, 2.45) is 5.92 Å². The van der Waals surface area contributed by atoms with Gasteiger partial charge in [-0.3, -0.25) is 0 Å². The van der Waals surface area contributed by atoms with Gasteiger partial charge in [-0.25, -0.2) is 15.0 Å². The fraction of sp³-hybridized carbons (Fsp3) is 0.318. The van der Waals surface area contributed by atoms with E-state index in [2.05, 4.69) is 18.4 Å². The molecule has 0 spiro atoms. The van der Waals surface area contributed by atoms with Crippen LogP contribution in [0.1, 0.15) is 13.8 Å². The maximum absolute atomic E-state index is 5.53. The molecule has 0 aliphatic heterocycles. The van der Waals surface area contributed by atoms with Crippen LogP contribution in [0.5, 0.6) is 17.2 Å². The van der Waals surface area contributed by atoms with Crippen molar-refractivity contribution in [3.8, 4) is 28.6 Å². The van der Waals surface area contributed by atoms with Crippen LogP contribution in [0.4, 0.5) is 0 Å². The molecule has 7 heteroatoms. The molecule has 2 aromatic heterocycles. The lowest BCUT2D eigenvalue weighted by molar-refractivity contribution is 0.324. The SMILES string of the molecule is COc1cc(-c2nc3nc4ccccc4nc3n2CC(C)C)cc(OC)c1OC. The maximum Gasteiger partial charge on any atom is 0.203 e. The van der Waals surface area contributed by atoms with Gasteiger partial charge in [0.2, 0.25) is 5.75 Å². The van der Waals surface area contributed by atoms with Crippen LogP contribution >= 0.6 is 0 Å². The first kappa shape index (κ1) is 19.0. The van der Waals surface area contributed by atoms with Gasteiger partial charge in [-0.05, 0) is 30.2 Å². The largest absolute Gasteiger partial charge is 0.493 e. The van der Waals surface area contributed by atoms with E-state index in [9.17, 15) is 0 Å². The maximum atomic E-state index is 5.53. The molecule has 2 heterocycles. The molecule has 0 radical (unpaired) electrons. The van der Waals surface area contributed by atoms with Crippen molar-refractivity contribution in [1.82, 2.24) is 19.5 Å². The number of methoxy groups -OCH3 is 3. The highest BCUT2D eigenvalue weighted by atomic mass is 16.5. The molecule has 7 nitrogen and oxygen atoms in total. The molecule has 4 rings (SSSR count). The van der Waals surface area contributed by atoms with E-state index in [1.807, 2.05) is 36.4 Å². The van der Waals surface area contributed by atoms with E-state index in [1.54, 1.807) is 21.3 Å². The lowest BCUT2D eigenvalue weighted by Gasteiger charge is -2.15. The van der Waals surface area contributed by atoms with Crippen molar-refractivity contribution in [3.63, 3.8) is 0 Å². The van der Waals surface area contributed by atoms with E-state index in [0.29, 0.717) is 28.8 Å². The monoisotopic (exact) mass is 392 g/mol. The number of hydrogen-bond donors (Lipinski definition) is 0. The first-order chi connectivity index (χ1) is 14.0. The van der Waals surface area contributed by atoms with Crippen LogP contribution in [0.2, 0.25) is 0 Å². The molecule has 0 amide bonds. The molecule has 0 unspecified atom stereocenters. The molecule has 0 N–H and O–H groups in total. The van der Waals surface area contributed by atoms with Crippen molar-refractivity contribution < 1.29 is 14.2 Å². The van der Waals surface area contributed by atoms with Gasteiger partial charge in [0.1, 0.15) is 5.82 Å². The van der Waals surface area contributed by atoms with Crippen LogP contribution in [0.15, 0.2) is 36.4 Å². The van der Waals surface area contributed by atoms with Crippen LogP contribution in [0.3, 0.4) is 0 Å². The molecule has 150 valence electrons. The van der Waals surface area contributed by atoms with Crippen molar-refractivity contribution in [3.05, 3.63) is 36.4 Å². The summed E-state index contributed by atoms with van der Waals surface area (Å²) in [6.07, 6.45) is 0. The first-order valence-corrected chi connectivity index (χ1v) is 9.49. The molecule has 29 heavy (non-hydrogen) atoms. The van der Waals surface area contributed by atoms with Gasteiger partial charge in [0.15, 0.2) is 22.8 Å². The third-order valence-corrected chi connectivity index (χ3v) is 4.73. The Labute approximate surface area is 169 Å². The second-order valence-electron chi connectivity index (χ2n) is 7.21. The predicted octanol–water partition coefficient (Wildman–Crippen LogP) is 4.33. The van der Waals surface area contributed by atoms with Crippen LogP contribution < -0.4 is 14.2 Å². The van der Waals surface area contributed by atoms with Gasteiger partial charge in [-0.2, -0.15) is 0 Å².